The van der Waals surface area contributed by atoms with E-state index in [1.807, 2.05) is 0 Å². The second-order valence-electron chi connectivity index (χ2n) is 7.28. The molecule has 130 valence electrons. The van der Waals surface area contributed by atoms with Gasteiger partial charge in [-0.1, -0.05) is 6.42 Å². The molecule has 1 amide bonds. The number of amides is 1. The molecule has 3 rings (SSSR count). The molecule has 0 aromatic heterocycles. The molecule has 2 atom stereocenters. The fraction of sp³-hybridized carbons (Fsp3) is 0.938. The first-order valence-corrected chi connectivity index (χ1v) is 8.38. The molecule has 22 heavy (non-hydrogen) atoms. The molecule has 3 fully saturated rings. The van der Waals surface area contributed by atoms with Gasteiger partial charge in [-0.05, 0) is 70.5 Å². The average molecular weight is 352 g/mol. The SMILES string of the molecule is CN1CCC(NC(=O)C2CC3CCCC(C2)C3N)CC1.Cl.Cl. The molecule has 0 radical (unpaired) electrons. The molecule has 3 aliphatic rings. The maximum atomic E-state index is 12.5. The lowest BCUT2D eigenvalue weighted by Gasteiger charge is -2.44. The minimum absolute atomic E-state index is 0. The molecule has 0 aromatic carbocycles. The first-order chi connectivity index (χ1) is 9.63. The highest BCUT2D eigenvalue weighted by Gasteiger charge is 2.40. The van der Waals surface area contributed by atoms with E-state index in [1.165, 1.54) is 19.3 Å². The number of carbonyl (C=O) groups excluding carboxylic acids is 1. The van der Waals surface area contributed by atoms with Gasteiger partial charge in [0.05, 0.1) is 0 Å². The van der Waals surface area contributed by atoms with E-state index in [1.54, 1.807) is 0 Å². The largest absolute Gasteiger partial charge is 0.353 e. The van der Waals surface area contributed by atoms with Crippen LogP contribution in [-0.2, 0) is 4.79 Å². The van der Waals surface area contributed by atoms with Crippen LogP contribution < -0.4 is 11.1 Å². The third-order valence-electron chi connectivity index (χ3n) is 5.85. The van der Waals surface area contributed by atoms with Crippen molar-refractivity contribution in [1.82, 2.24) is 10.2 Å². The summed E-state index contributed by atoms with van der Waals surface area (Å²) in [5.41, 5.74) is 6.31. The molecule has 4 nitrogen and oxygen atoms in total. The van der Waals surface area contributed by atoms with E-state index in [0.29, 0.717) is 29.8 Å². The smallest absolute Gasteiger partial charge is 0.223 e. The highest BCUT2D eigenvalue weighted by atomic mass is 35.5. The van der Waals surface area contributed by atoms with Crippen LogP contribution in [0.5, 0.6) is 0 Å². The molecular formula is C16H31Cl2N3O. The number of hydrogen-bond acceptors (Lipinski definition) is 3. The number of hydrogen-bond donors (Lipinski definition) is 2. The number of nitrogens with one attached hydrogen (secondary N) is 1. The zero-order valence-electron chi connectivity index (χ0n) is 13.5. The Morgan fingerprint density at radius 2 is 1.59 bits per heavy atom. The van der Waals surface area contributed by atoms with Crippen LogP contribution >= 0.6 is 24.8 Å². The molecule has 2 bridgehead atoms. The Bertz CT molecular complexity index is 347. The van der Waals surface area contributed by atoms with Crippen molar-refractivity contribution in [2.24, 2.45) is 23.5 Å². The van der Waals surface area contributed by atoms with E-state index in [9.17, 15) is 4.79 Å². The normalized spacial score (nSPS) is 35.9. The number of rotatable bonds is 2. The van der Waals surface area contributed by atoms with Gasteiger partial charge in [-0.25, -0.2) is 0 Å². The molecule has 0 aromatic rings. The van der Waals surface area contributed by atoms with E-state index in [-0.39, 0.29) is 30.7 Å². The summed E-state index contributed by atoms with van der Waals surface area (Å²) in [7, 11) is 2.15. The Hall–Kier alpha value is -0.0300. The lowest BCUT2D eigenvalue weighted by molar-refractivity contribution is -0.128. The zero-order valence-corrected chi connectivity index (χ0v) is 15.1. The van der Waals surface area contributed by atoms with Crippen LogP contribution in [0.25, 0.3) is 0 Å². The summed E-state index contributed by atoms with van der Waals surface area (Å²) < 4.78 is 0. The van der Waals surface area contributed by atoms with Crippen molar-refractivity contribution in [3.63, 3.8) is 0 Å². The van der Waals surface area contributed by atoms with Crippen LogP contribution in [0.1, 0.15) is 44.9 Å². The first-order valence-electron chi connectivity index (χ1n) is 8.38. The van der Waals surface area contributed by atoms with E-state index in [2.05, 4.69) is 17.3 Å². The third-order valence-corrected chi connectivity index (χ3v) is 5.85. The number of halogens is 2. The predicted molar refractivity (Wildman–Crippen MR) is 94.7 cm³/mol. The fourth-order valence-electron chi connectivity index (χ4n) is 4.48. The van der Waals surface area contributed by atoms with Gasteiger partial charge in [0.2, 0.25) is 5.91 Å². The van der Waals surface area contributed by atoms with Gasteiger partial charge < -0.3 is 16.0 Å². The number of likely N-dealkylation sites (tertiary alicyclic amines) is 1. The molecule has 3 N–H and O–H groups in total. The topological polar surface area (TPSA) is 58.4 Å². The minimum atomic E-state index is 0. The lowest BCUT2D eigenvalue weighted by atomic mass is 9.65. The molecule has 0 spiro atoms. The first kappa shape index (κ1) is 20.0. The highest BCUT2D eigenvalue weighted by Crippen LogP contribution is 2.41. The molecule has 2 unspecified atom stereocenters. The molecule has 2 aliphatic carbocycles. The van der Waals surface area contributed by atoms with Crippen LogP contribution in [0.15, 0.2) is 0 Å². The standard InChI is InChI=1S/C16H29N3O.2ClH/c1-19-7-5-14(6-8-19)18-16(20)13-9-11-3-2-4-12(10-13)15(11)17;;/h11-15H,2-10,17H2,1H3,(H,18,20);2*1H. The highest BCUT2D eigenvalue weighted by molar-refractivity contribution is 5.85. The van der Waals surface area contributed by atoms with Gasteiger partial charge in [-0.2, -0.15) is 0 Å². The van der Waals surface area contributed by atoms with Crippen LogP contribution in [0.4, 0.5) is 0 Å². The molecule has 2 saturated carbocycles. The van der Waals surface area contributed by atoms with Crippen molar-refractivity contribution in [2.75, 3.05) is 20.1 Å². The van der Waals surface area contributed by atoms with E-state index in [0.717, 1.165) is 38.8 Å². The van der Waals surface area contributed by atoms with Crippen LogP contribution in [0.2, 0.25) is 0 Å². The van der Waals surface area contributed by atoms with Gasteiger partial charge in [0.15, 0.2) is 0 Å². The van der Waals surface area contributed by atoms with Gasteiger partial charge in [0.25, 0.3) is 0 Å². The monoisotopic (exact) mass is 351 g/mol. The van der Waals surface area contributed by atoms with Gasteiger partial charge in [-0.3, -0.25) is 4.79 Å². The average Bonchev–Trinajstić information content (AvgIpc) is 2.41. The maximum absolute atomic E-state index is 12.5. The molecule has 1 aliphatic heterocycles. The van der Waals surface area contributed by atoms with Crippen molar-refractivity contribution >= 4 is 30.7 Å². The Kier molecular flexibility index (Phi) is 7.93. The predicted octanol–water partition coefficient (Wildman–Crippen LogP) is 2.19. The van der Waals surface area contributed by atoms with Crippen molar-refractivity contribution in [3.05, 3.63) is 0 Å². The number of nitrogens with zero attached hydrogens (tertiary/aromatic N) is 1. The van der Waals surface area contributed by atoms with Gasteiger partial charge in [0, 0.05) is 18.0 Å². The third kappa shape index (κ3) is 4.50. The van der Waals surface area contributed by atoms with Crippen LogP contribution in [0, 0.1) is 17.8 Å². The van der Waals surface area contributed by atoms with E-state index in [4.69, 9.17) is 5.73 Å². The second kappa shape index (κ2) is 8.72. The molecule has 1 heterocycles. The summed E-state index contributed by atoms with van der Waals surface area (Å²) in [5.74, 6) is 1.72. The fourth-order valence-corrected chi connectivity index (χ4v) is 4.48. The van der Waals surface area contributed by atoms with Crippen molar-refractivity contribution in [1.29, 1.82) is 0 Å². The Morgan fingerprint density at radius 3 is 2.14 bits per heavy atom. The maximum Gasteiger partial charge on any atom is 0.223 e. The van der Waals surface area contributed by atoms with Crippen molar-refractivity contribution in [3.8, 4) is 0 Å². The summed E-state index contributed by atoms with van der Waals surface area (Å²) in [4.78, 5) is 14.9. The number of nitrogens with two attached hydrogens (primary N) is 1. The number of piperidine rings is 1. The van der Waals surface area contributed by atoms with Crippen molar-refractivity contribution < 1.29 is 4.79 Å². The Morgan fingerprint density at radius 1 is 1.05 bits per heavy atom. The molecule has 6 heteroatoms. The second-order valence-corrected chi connectivity index (χ2v) is 7.28. The summed E-state index contributed by atoms with van der Waals surface area (Å²) in [6.45, 7) is 2.21. The summed E-state index contributed by atoms with van der Waals surface area (Å²) in [6, 6.07) is 0.755. The molecule has 1 saturated heterocycles. The minimum Gasteiger partial charge on any atom is -0.353 e. The van der Waals surface area contributed by atoms with Crippen LogP contribution in [0.3, 0.4) is 0 Å². The van der Waals surface area contributed by atoms with Gasteiger partial charge >= 0.3 is 0 Å². The quantitative estimate of drug-likeness (QED) is 0.801. The van der Waals surface area contributed by atoms with Gasteiger partial charge in [-0.15, -0.1) is 24.8 Å². The van der Waals surface area contributed by atoms with Crippen LogP contribution in [-0.4, -0.2) is 43.0 Å². The number of fused-ring (bicyclic) bond motifs is 2. The molecular weight excluding hydrogens is 321 g/mol. The summed E-state index contributed by atoms with van der Waals surface area (Å²) in [5, 5.41) is 3.31. The lowest BCUT2D eigenvalue weighted by Crippen LogP contribution is -2.51. The van der Waals surface area contributed by atoms with Crippen molar-refractivity contribution in [2.45, 2.75) is 57.0 Å². The summed E-state index contributed by atoms with van der Waals surface area (Å²) in [6.07, 6.45) is 8.02. The Labute approximate surface area is 146 Å². The number of carbonyl (C=O) groups is 1. The Balaban J connectivity index is 0.00000121. The van der Waals surface area contributed by atoms with Gasteiger partial charge in [0.1, 0.15) is 0 Å². The van der Waals surface area contributed by atoms with E-state index >= 15 is 0 Å². The zero-order chi connectivity index (χ0) is 14.1. The van der Waals surface area contributed by atoms with E-state index < -0.39 is 0 Å². The summed E-state index contributed by atoms with van der Waals surface area (Å²) >= 11 is 0.